The Morgan fingerprint density at radius 3 is 2.86 bits per heavy atom. The van der Waals surface area contributed by atoms with Crippen LogP contribution in [0.1, 0.15) is 24.3 Å². The summed E-state index contributed by atoms with van der Waals surface area (Å²) in [5.41, 5.74) is 8.52. The van der Waals surface area contributed by atoms with E-state index < -0.39 is 0 Å². The lowest BCUT2D eigenvalue weighted by atomic mass is 9.99. The van der Waals surface area contributed by atoms with Gasteiger partial charge in [0.15, 0.2) is 4.96 Å². The molecule has 21 heavy (non-hydrogen) atoms. The van der Waals surface area contributed by atoms with E-state index in [1.54, 1.807) is 11.3 Å². The molecule has 0 aliphatic rings. The quantitative estimate of drug-likeness (QED) is 0.761. The molecule has 2 heterocycles. The number of hydrogen-bond donors (Lipinski definition) is 1. The Hall–Kier alpha value is -1.69. The number of rotatable bonds is 6. The molecule has 0 aliphatic carbocycles. The number of thiazole rings is 1. The van der Waals surface area contributed by atoms with E-state index in [1.807, 2.05) is 47.3 Å². The lowest BCUT2D eigenvalue weighted by molar-refractivity contribution is 0.0431. The van der Waals surface area contributed by atoms with Crippen LogP contribution in [0.5, 0.6) is 0 Å². The molecule has 0 fully saturated rings. The molecule has 0 amide bonds. The normalized spacial score (nSPS) is 14.4. The monoisotopic (exact) mass is 301 g/mol. The fourth-order valence-electron chi connectivity index (χ4n) is 2.51. The van der Waals surface area contributed by atoms with Crippen LogP contribution in [0.25, 0.3) is 4.96 Å². The molecule has 0 bridgehead atoms. The summed E-state index contributed by atoms with van der Waals surface area (Å²) in [5.74, 6) is 0. The van der Waals surface area contributed by atoms with E-state index in [-0.39, 0.29) is 12.1 Å². The van der Waals surface area contributed by atoms with Gasteiger partial charge in [-0.15, -0.1) is 11.3 Å². The van der Waals surface area contributed by atoms with Gasteiger partial charge in [0.05, 0.1) is 11.8 Å². The van der Waals surface area contributed by atoms with E-state index in [2.05, 4.69) is 17.1 Å². The topological polar surface area (TPSA) is 52.5 Å². The molecule has 5 heteroatoms. The highest BCUT2D eigenvalue weighted by Gasteiger charge is 2.21. The minimum absolute atomic E-state index is 0.101. The Labute approximate surface area is 128 Å². The van der Waals surface area contributed by atoms with Crippen molar-refractivity contribution in [2.24, 2.45) is 5.73 Å². The van der Waals surface area contributed by atoms with Crippen molar-refractivity contribution in [1.82, 2.24) is 9.38 Å². The molecule has 2 N–H and O–H groups in total. The highest BCUT2D eigenvalue weighted by atomic mass is 32.1. The second-order valence-electron chi connectivity index (χ2n) is 4.98. The first kappa shape index (κ1) is 14.3. The number of hydrogen-bond acceptors (Lipinski definition) is 4. The molecule has 0 radical (unpaired) electrons. The molecule has 3 rings (SSSR count). The summed E-state index contributed by atoms with van der Waals surface area (Å²) in [6.45, 7) is 2.64. The number of aromatic nitrogens is 2. The molecule has 0 saturated heterocycles. The van der Waals surface area contributed by atoms with Gasteiger partial charge in [0.25, 0.3) is 0 Å². The van der Waals surface area contributed by atoms with Gasteiger partial charge in [-0.05, 0) is 12.5 Å². The average Bonchev–Trinajstić information content (AvgIpc) is 3.06. The van der Waals surface area contributed by atoms with E-state index in [0.29, 0.717) is 13.0 Å². The van der Waals surface area contributed by atoms with Crippen LogP contribution in [0.2, 0.25) is 0 Å². The number of fused-ring (bicyclic) bond motifs is 1. The molecule has 0 saturated carbocycles. The van der Waals surface area contributed by atoms with Crippen molar-refractivity contribution >= 4 is 16.3 Å². The number of imidazole rings is 1. The smallest absolute Gasteiger partial charge is 0.193 e. The minimum atomic E-state index is -0.114. The van der Waals surface area contributed by atoms with E-state index in [1.165, 1.54) is 0 Å². The van der Waals surface area contributed by atoms with Gasteiger partial charge >= 0.3 is 0 Å². The van der Waals surface area contributed by atoms with Crippen LogP contribution in [0.15, 0.2) is 48.1 Å². The van der Waals surface area contributed by atoms with E-state index >= 15 is 0 Å². The third-order valence-electron chi connectivity index (χ3n) is 3.45. The van der Waals surface area contributed by atoms with Crippen molar-refractivity contribution in [2.75, 3.05) is 6.61 Å². The molecular weight excluding hydrogens is 282 g/mol. The van der Waals surface area contributed by atoms with Crippen molar-refractivity contribution in [3.05, 3.63) is 59.4 Å². The first-order valence-electron chi connectivity index (χ1n) is 7.11. The van der Waals surface area contributed by atoms with Crippen molar-refractivity contribution in [1.29, 1.82) is 0 Å². The Kier molecular flexibility index (Phi) is 4.34. The van der Waals surface area contributed by atoms with Crippen molar-refractivity contribution in [3.8, 4) is 0 Å². The lowest BCUT2D eigenvalue weighted by Crippen LogP contribution is -2.32. The molecule has 2 unspecified atom stereocenters. The Balaban J connectivity index is 1.77. The second-order valence-corrected chi connectivity index (χ2v) is 5.85. The summed E-state index contributed by atoms with van der Waals surface area (Å²) in [6.07, 6.45) is 4.66. The fraction of sp³-hybridized carbons (Fsp3) is 0.312. The van der Waals surface area contributed by atoms with Crippen LogP contribution >= 0.6 is 11.3 Å². The summed E-state index contributed by atoms with van der Waals surface area (Å²) in [5, 5.41) is 2.03. The Bertz CT molecular complexity index is 663. The van der Waals surface area contributed by atoms with Crippen molar-refractivity contribution in [3.63, 3.8) is 0 Å². The summed E-state index contributed by atoms with van der Waals surface area (Å²) < 4.78 is 7.89. The van der Waals surface area contributed by atoms with E-state index in [9.17, 15) is 0 Å². The largest absolute Gasteiger partial charge is 0.372 e. The molecule has 110 valence electrons. The zero-order valence-corrected chi connectivity index (χ0v) is 12.8. The van der Waals surface area contributed by atoms with E-state index in [4.69, 9.17) is 10.5 Å². The SMILES string of the molecule is CCOC(c1ccccc1)C(N)Cc1cn2ccsc2n1. The van der Waals surface area contributed by atoms with Gasteiger partial charge in [0.2, 0.25) is 0 Å². The average molecular weight is 301 g/mol. The molecule has 1 aromatic carbocycles. The standard InChI is InChI=1S/C16H19N3OS/c1-2-20-15(12-6-4-3-5-7-12)14(17)10-13-11-19-8-9-21-16(19)18-13/h3-9,11,14-15H,2,10,17H2,1H3. The summed E-state index contributed by atoms with van der Waals surface area (Å²) in [7, 11) is 0. The van der Waals surface area contributed by atoms with Gasteiger partial charge in [0.1, 0.15) is 0 Å². The van der Waals surface area contributed by atoms with Crippen LogP contribution < -0.4 is 5.73 Å². The summed E-state index contributed by atoms with van der Waals surface area (Å²) in [4.78, 5) is 5.60. The highest BCUT2D eigenvalue weighted by molar-refractivity contribution is 7.15. The van der Waals surface area contributed by atoms with Crippen LogP contribution in [0, 0.1) is 0 Å². The van der Waals surface area contributed by atoms with Gasteiger partial charge in [-0.1, -0.05) is 30.3 Å². The Morgan fingerprint density at radius 1 is 1.33 bits per heavy atom. The number of nitrogens with two attached hydrogens (primary N) is 1. The Morgan fingerprint density at radius 2 is 2.14 bits per heavy atom. The molecule has 2 aromatic heterocycles. The van der Waals surface area contributed by atoms with Crippen LogP contribution in [-0.2, 0) is 11.2 Å². The van der Waals surface area contributed by atoms with E-state index in [0.717, 1.165) is 16.2 Å². The van der Waals surface area contributed by atoms with Gasteiger partial charge in [-0.3, -0.25) is 4.40 Å². The molecule has 3 aromatic rings. The van der Waals surface area contributed by atoms with Crippen molar-refractivity contribution in [2.45, 2.75) is 25.5 Å². The first-order chi connectivity index (χ1) is 10.3. The maximum Gasteiger partial charge on any atom is 0.193 e. The van der Waals surface area contributed by atoms with Gasteiger partial charge < -0.3 is 10.5 Å². The third-order valence-corrected chi connectivity index (χ3v) is 4.22. The lowest BCUT2D eigenvalue weighted by Gasteiger charge is -2.23. The molecule has 0 spiro atoms. The minimum Gasteiger partial charge on any atom is -0.372 e. The number of nitrogens with zero attached hydrogens (tertiary/aromatic N) is 2. The predicted molar refractivity (Wildman–Crippen MR) is 85.6 cm³/mol. The number of benzene rings is 1. The molecule has 0 aliphatic heterocycles. The number of ether oxygens (including phenoxy) is 1. The molecule has 2 atom stereocenters. The maximum atomic E-state index is 6.39. The van der Waals surface area contributed by atoms with Crippen LogP contribution in [0.3, 0.4) is 0 Å². The summed E-state index contributed by atoms with van der Waals surface area (Å²) in [6, 6.07) is 10.0. The first-order valence-corrected chi connectivity index (χ1v) is 7.99. The van der Waals surface area contributed by atoms with Crippen LogP contribution in [0.4, 0.5) is 0 Å². The fourth-order valence-corrected chi connectivity index (χ4v) is 3.23. The third kappa shape index (κ3) is 3.15. The molecular formula is C16H19N3OS. The van der Waals surface area contributed by atoms with Crippen LogP contribution in [-0.4, -0.2) is 22.0 Å². The second kappa shape index (κ2) is 6.39. The summed E-state index contributed by atoms with van der Waals surface area (Å²) >= 11 is 1.63. The van der Waals surface area contributed by atoms with Gasteiger partial charge in [0, 0.05) is 36.8 Å². The van der Waals surface area contributed by atoms with Gasteiger partial charge in [-0.2, -0.15) is 0 Å². The molecule has 4 nitrogen and oxygen atoms in total. The van der Waals surface area contributed by atoms with Crippen molar-refractivity contribution < 1.29 is 4.74 Å². The zero-order chi connectivity index (χ0) is 14.7. The highest BCUT2D eigenvalue weighted by Crippen LogP contribution is 2.23. The maximum absolute atomic E-state index is 6.39. The zero-order valence-electron chi connectivity index (χ0n) is 12.0. The predicted octanol–water partition coefficient (Wildman–Crippen LogP) is 3.04. The van der Waals surface area contributed by atoms with Gasteiger partial charge in [-0.25, -0.2) is 4.98 Å².